The van der Waals surface area contributed by atoms with Crippen LogP contribution in [0, 0.1) is 17.4 Å². The molecule has 2 rings (SSSR count). The van der Waals surface area contributed by atoms with Crippen LogP contribution in [-0.4, -0.2) is 10.9 Å². The van der Waals surface area contributed by atoms with E-state index in [0.717, 1.165) is 14.7 Å². The van der Waals surface area contributed by atoms with Crippen LogP contribution in [0.2, 0.25) is 0 Å². The Bertz CT molecular complexity index is 579. The van der Waals surface area contributed by atoms with Crippen LogP contribution in [0.5, 0.6) is 0 Å². The van der Waals surface area contributed by atoms with Crippen LogP contribution < -0.4 is 5.32 Å². The molecule has 1 aromatic heterocycles. The number of aromatic nitrogens is 1. The number of halogens is 1. The quantitative estimate of drug-likeness (QED) is 0.840. The lowest BCUT2D eigenvalue weighted by atomic mass is 10.1. The lowest BCUT2D eigenvalue weighted by molar-refractivity contribution is 0.102. The fraction of sp³-hybridized carbons (Fsp3) is 0.143. The number of rotatable bonds is 2. The van der Waals surface area contributed by atoms with E-state index < -0.39 is 0 Å². The standard InChI is InChI=1S/C14H13IN2O/c1-9-3-5-11(6-4-9)14(18)17-13-10(2)7-12(15)8-16-13/h3-8H,1-2H3,(H,16,17,18). The van der Waals surface area contributed by atoms with Gasteiger partial charge in [-0.25, -0.2) is 4.98 Å². The van der Waals surface area contributed by atoms with Crippen LogP contribution in [0.15, 0.2) is 36.5 Å². The molecule has 92 valence electrons. The van der Waals surface area contributed by atoms with Crippen molar-refractivity contribution in [2.75, 3.05) is 5.32 Å². The van der Waals surface area contributed by atoms with Crippen molar-refractivity contribution in [1.82, 2.24) is 4.98 Å². The van der Waals surface area contributed by atoms with Crippen molar-refractivity contribution in [2.45, 2.75) is 13.8 Å². The molecule has 3 nitrogen and oxygen atoms in total. The van der Waals surface area contributed by atoms with E-state index in [4.69, 9.17) is 0 Å². The Balaban J connectivity index is 2.18. The molecule has 2 aromatic rings. The van der Waals surface area contributed by atoms with Gasteiger partial charge in [0.25, 0.3) is 5.91 Å². The second kappa shape index (κ2) is 5.48. The zero-order chi connectivity index (χ0) is 13.1. The average Bonchev–Trinajstić information content (AvgIpc) is 2.33. The summed E-state index contributed by atoms with van der Waals surface area (Å²) in [4.78, 5) is 16.2. The topological polar surface area (TPSA) is 42.0 Å². The Hall–Kier alpha value is -1.43. The third-order valence-electron chi connectivity index (χ3n) is 2.59. The smallest absolute Gasteiger partial charge is 0.256 e. The Morgan fingerprint density at radius 1 is 1.22 bits per heavy atom. The Labute approximate surface area is 120 Å². The average molecular weight is 352 g/mol. The molecule has 0 saturated carbocycles. The van der Waals surface area contributed by atoms with E-state index in [-0.39, 0.29) is 5.91 Å². The molecule has 0 radical (unpaired) electrons. The molecule has 0 aliphatic rings. The highest BCUT2D eigenvalue weighted by molar-refractivity contribution is 14.1. The first kappa shape index (κ1) is 13.0. The molecular weight excluding hydrogens is 339 g/mol. The van der Waals surface area contributed by atoms with Crippen molar-refractivity contribution in [3.8, 4) is 0 Å². The minimum atomic E-state index is -0.133. The Kier molecular flexibility index (Phi) is 3.96. The predicted octanol–water partition coefficient (Wildman–Crippen LogP) is 3.56. The fourth-order valence-corrected chi connectivity index (χ4v) is 2.16. The number of pyridine rings is 1. The zero-order valence-electron chi connectivity index (χ0n) is 10.2. The van der Waals surface area contributed by atoms with Gasteiger partial charge in [-0.1, -0.05) is 17.7 Å². The molecule has 0 aliphatic heterocycles. The molecule has 0 fully saturated rings. The van der Waals surface area contributed by atoms with Gasteiger partial charge in [-0.3, -0.25) is 4.79 Å². The van der Waals surface area contributed by atoms with Gasteiger partial charge in [-0.2, -0.15) is 0 Å². The van der Waals surface area contributed by atoms with Gasteiger partial charge in [0, 0.05) is 15.3 Å². The van der Waals surface area contributed by atoms with Crippen LogP contribution in [0.4, 0.5) is 5.82 Å². The third-order valence-corrected chi connectivity index (χ3v) is 3.18. The number of hydrogen-bond acceptors (Lipinski definition) is 2. The van der Waals surface area contributed by atoms with Crippen LogP contribution in [0.3, 0.4) is 0 Å². The van der Waals surface area contributed by atoms with Gasteiger partial charge in [0.1, 0.15) is 5.82 Å². The van der Waals surface area contributed by atoms with E-state index in [1.807, 2.05) is 44.2 Å². The first-order chi connectivity index (χ1) is 8.56. The largest absolute Gasteiger partial charge is 0.306 e. The molecule has 0 unspecified atom stereocenters. The van der Waals surface area contributed by atoms with Crippen LogP contribution >= 0.6 is 22.6 Å². The number of carbonyl (C=O) groups excluding carboxylic acids is 1. The molecule has 0 atom stereocenters. The Morgan fingerprint density at radius 3 is 2.50 bits per heavy atom. The number of benzene rings is 1. The molecule has 1 N–H and O–H groups in total. The molecule has 4 heteroatoms. The summed E-state index contributed by atoms with van der Waals surface area (Å²) in [7, 11) is 0. The van der Waals surface area contributed by atoms with Gasteiger partial charge >= 0.3 is 0 Å². The molecule has 0 saturated heterocycles. The molecule has 0 spiro atoms. The highest BCUT2D eigenvalue weighted by Gasteiger charge is 2.08. The van der Waals surface area contributed by atoms with Crippen molar-refractivity contribution in [1.29, 1.82) is 0 Å². The molecule has 18 heavy (non-hydrogen) atoms. The molecule has 1 amide bonds. The number of amides is 1. The lowest BCUT2D eigenvalue weighted by Crippen LogP contribution is -2.13. The summed E-state index contributed by atoms with van der Waals surface area (Å²) in [5.74, 6) is 0.479. The van der Waals surface area contributed by atoms with Gasteiger partial charge in [-0.05, 0) is 60.2 Å². The predicted molar refractivity (Wildman–Crippen MR) is 80.8 cm³/mol. The number of anilines is 1. The second-order valence-corrected chi connectivity index (χ2v) is 5.38. The number of nitrogens with zero attached hydrogens (tertiary/aromatic N) is 1. The molecular formula is C14H13IN2O. The normalized spacial score (nSPS) is 10.2. The van der Waals surface area contributed by atoms with Gasteiger partial charge in [-0.15, -0.1) is 0 Å². The summed E-state index contributed by atoms with van der Waals surface area (Å²) in [6.45, 7) is 3.92. The highest BCUT2D eigenvalue weighted by Crippen LogP contribution is 2.15. The third kappa shape index (κ3) is 3.07. The van der Waals surface area contributed by atoms with Gasteiger partial charge in [0.2, 0.25) is 0 Å². The first-order valence-corrected chi connectivity index (χ1v) is 6.64. The maximum absolute atomic E-state index is 12.0. The summed E-state index contributed by atoms with van der Waals surface area (Å²) >= 11 is 2.20. The monoisotopic (exact) mass is 352 g/mol. The summed E-state index contributed by atoms with van der Waals surface area (Å²) in [6, 6.07) is 9.45. The maximum Gasteiger partial charge on any atom is 0.256 e. The zero-order valence-corrected chi connectivity index (χ0v) is 12.4. The van der Waals surface area contributed by atoms with Gasteiger partial charge < -0.3 is 5.32 Å². The van der Waals surface area contributed by atoms with Crippen LogP contribution in [0.1, 0.15) is 21.5 Å². The summed E-state index contributed by atoms with van der Waals surface area (Å²) in [5.41, 5.74) is 2.73. The minimum Gasteiger partial charge on any atom is -0.306 e. The number of nitrogens with one attached hydrogen (secondary N) is 1. The number of aryl methyl sites for hydroxylation is 2. The van der Waals surface area contributed by atoms with E-state index in [0.29, 0.717) is 11.4 Å². The molecule has 1 aromatic carbocycles. The van der Waals surface area contributed by atoms with Crippen LogP contribution in [-0.2, 0) is 0 Å². The maximum atomic E-state index is 12.0. The van der Waals surface area contributed by atoms with Crippen molar-refractivity contribution in [3.63, 3.8) is 0 Å². The summed E-state index contributed by atoms with van der Waals surface area (Å²) in [6.07, 6.45) is 1.73. The highest BCUT2D eigenvalue weighted by atomic mass is 127. The van der Waals surface area contributed by atoms with E-state index in [1.54, 1.807) is 6.20 Å². The van der Waals surface area contributed by atoms with Crippen molar-refractivity contribution >= 4 is 34.3 Å². The van der Waals surface area contributed by atoms with Crippen LogP contribution in [0.25, 0.3) is 0 Å². The van der Waals surface area contributed by atoms with Crippen molar-refractivity contribution in [3.05, 3.63) is 56.8 Å². The van der Waals surface area contributed by atoms with Gasteiger partial charge in [0.05, 0.1) is 0 Å². The van der Waals surface area contributed by atoms with E-state index in [9.17, 15) is 4.79 Å². The van der Waals surface area contributed by atoms with Gasteiger partial charge in [0.15, 0.2) is 0 Å². The molecule has 1 heterocycles. The lowest BCUT2D eigenvalue weighted by Gasteiger charge is -2.07. The Morgan fingerprint density at radius 2 is 1.89 bits per heavy atom. The van der Waals surface area contributed by atoms with E-state index >= 15 is 0 Å². The number of hydrogen-bond donors (Lipinski definition) is 1. The summed E-state index contributed by atoms with van der Waals surface area (Å²) < 4.78 is 1.05. The van der Waals surface area contributed by atoms with E-state index in [1.165, 1.54) is 0 Å². The molecule has 0 bridgehead atoms. The van der Waals surface area contributed by atoms with E-state index in [2.05, 4.69) is 32.9 Å². The summed E-state index contributed by atoms with van der Waals surface area (Å²) in [5, 5.41) is 2.82. The van der Waals surface area contributed by atoms with Crippen molar-refractivity contribution in [2.24, 2.45) is 0 Å². The minimum absolute atomic E-state index is 0.133. The fourth-order valence-electron chi connectivity index (χ4n) is 1.56. The first-order valence-electron chi connectivity index (χ1n) is 5.56. The second-order valence-electron chi connectivity index (χ2n) is 4.14. The molecule has 0 aliphatic carbocycles. The number of carbonyl (C=O) groups is 1. The SMILES string of the molecule is Cc1ccc(C(=O)Nc2ncc(I)cc2C)cc1. The van der Waals surface area contributed by atoms with Crippen molar-refractivity contribution < 1.29 is 4.79 Å².